The highest BCUT2D eigenvalue weighted by Crippen LogP contribution is 2.22. The number of benzene rings is 2. The summed E-state index contributed by atoms with van der Waals surface area (Å²) in [5.41, 5.74) is 0.703. The molecule has 0 aromatic heterocycles. The second-order valence-electron chi connectivity index (χ2n) is 5.49. The molecule has 114 valence electrons. The summed E-state index contributed by atoms with van der Waals surface area (Å²) in [5.74, 6) is 1.61. The normalized spacial score (nSPS) is 18.0. The van der Waals surface area contributed by atoms with Gasteiger partial charge >= 0.3 is 0 Å². The van der Waals surface area contributed by atoms with Gasteiger partial charge in [0.15, 0.2) is 0 Å². The number of amides is 1. The zero-order valence-corrected chi connectivity index (χ0v) is 12.7. The largest absolute Gasteiger partial charge is 0.457 e. The lowest BCUT2D eigenvalue weighted by Gasteiger charge is -2.34. The Labute approximate surface area is 130 Å². The molecular weight excluding hydrogens is 276 g/mol. The first-order valence-electron chi connectivity index (χ1n) is 7.59. The number of rotatable bonds is 3. The van der Waals surface area contributed by atoms with E-state index in [0.29, 0.717) is 5.56 Å². The molecule has 2 aromatic carbocycles. The van der Waals surface area contributed by atoms with Gasteiger partial charge in [0.2, 0.25) is 0 Å². The molecule has 22 heavy (non-hydrogen) atoms. The van der Waals surface area contributed by atoms with Crippen molar-refractivity contribution in [2.45, 2.75) is 13.0 Å². The Bertz CT molecular complexity index is 625. The number of hydrogen-bond acceptors (Lipinski definition) is 3. The van der Waals surface area contributed by atoms with Crippen molar-refractivity contribution in [3.8, 4) is 11.5 Å². The first-order chi connectivity index (χ1) is 10.7. The van der Waals surface area contributed by atoms with E-state index >= 15 is 0 Å². The van der Waals surface area contributed by atoms with Crippen molar-refractivity contribution in [3.05, 3.63) is 60.2 Å². The smallest absolute Gasteiger partial charge is 0.254 e. The molecule has 0 saturated carbocycles. The SMILES string of the molecule is CC1CNCCN1C(=O)c1ccc(Oc2ccccc2)cc1. The van der Waals surface area contributed by atoms with E-state index in [4.69, 9.17) is 4.74 Å². The highest BCUT2D eigenvalue weighted by molar-refractivity contribution is 5.94. The molecule has 3 rings (SSSR count). The van der Waals surface area contributed by atoms with Gasteiger partial charge in [-0.05, 0) is 43.3 Å². The molecule has 4 heteroatoms. The Morgan fingerprint density at radius 1 is 1.09 bits per heavy atom. The third-order valence-electron chi connectivity index (χ3n) is 3.84. The molecule has 1 aliphatic rings. The number of piperazine rings is 1. The van der Waals surface area contributed by atoms with Gasteiger partial charge in [-0.15, -0.1) is 0 Å². The average Bonchev–Trinajstić information content (AvgIpc) is 2.56. The molecule has 0 aliphatic carbocycles. The van der Waals surface area contributed by atoms with Gasteiger partial charge in [0.25, 0.3) is 5.91 Å². The van der Waals surface area contributed by atoms with E-state index < -0.39 is 0 Å². The molecule has 1 N–H and O–H groups in total. The number of nitrogens with zero attached hydrogens (tertiary/aromatic N) is 1. The van der Waals surface area contributed by atoms with Gasteiger partial charge in [-0.25, -0.2) is 0 Å². The highest BCUT2D eigenvalue weighted by atomic mass is 16.5. The maximum absolute atomic E-state index is 12.5. The maximum atomic E-state index is 12.5. The second kappa shape index (κ2) is 6.62. The molecule has 1 atom stereocenters. The van der Waals surface area contributed by atoms with E-state index in [2.05, 4.69) is 12.2 Å². The minimum absolute atomic E-state index is 0.0836. The van der Waals surface area contributed by atoms with Crippen LogP contribution in [0.25, 0.3) is 0 Å². The molecular formula is C18H20N2O2. The van der Waals surface area contributed by atoms with Crippen LogP contribution in [-0.4, -0.2) is 36.5 Å². The fourth-order valence-electron chi connectivity index (χ4n) is 2.60. The van der Waals surface area contributed by atoms with Crippen LogP contribution < -0.4 is 10.1 Å². The van der Waals surface area contributed by atoms with Crippen molar-refractivity contribution < 1.29 is 9.53 Å². The summed E-state index contributed by atoms with van der Waals surface area (Å²) in [6.07, 6.45) is 0. The maximum Gasteiger partial charge on any atom is 0.254 e. The first kappa shape index (κ1) is 14.6. The number of ether oxygens (including phenoxy) is 1. The van der Waals surface area contributed by atoms with Crippen molar-refractivity contribution in [3.63, 3.8) is 0 Å². The van der Waals surface area contributed by atoms with Crippen LogP contribution >= 0.6 is 0 Å². The van der Waals surface area contributed by atoms with Crippen molar-refractivity contribution in [1.82, 2.24) is 10.2 Å². The van der Waals surface area contributed by atoms with Crippen LogP contribution in [0.5, 0.6) is 11.5 Å². The van der Waals surface area contributed by atoms with Gasteiger partial charge in [0.1, 0.15) is 11.5 Å². The summed E-state index contributed by atoms with van der Waals surface area (Å²) < 4.78 is 5.74. The number of nitrogens with one attached hydrogen (secondary N) is 1. The Balaban J connectivity index is 1.69. The third kappa shape index (κ3) is 3.28. The highest BCUT2D eigenvalue weighted by Gasteiger charge is 2.23. The zero-order chi connectivity index (χ0) is 15.4. The Kier molecular flexibility index (Phi) is 4.39. The lowest BCUT2D eigenvalue weighted by atomic mass is 10.1. The quantitative estimate of drug-likeness (QED) is 0.947. The molecule has 0 radical (unpaired) electrons. The van der Waals surface area contributed by atoms with E-state index in [-0.39, 0.29) is 11.9 Å². The topological polar surface area (TPSA) is 41.6 Å². The van der Waals surface area contributed by atoms with Crippen LogP contribution in [0.4, 0.5) is 0 Å². The van der Waals surface area contributed by atoms with Gasteiger partial charge < -0.3 is 15.0 Å². The molecule has 1 aliphatic heterocycles. The molecule has 1 saturated heterocycles. The van der Waals surface area contributed by atoms with E-state index in [0.717, 1.165) is 31.1 Å². The second-order valence-corrected chi connectivity index (χ2v) is 5.49. The fourth-order valence-corrected chi connectivity index (χ4v) is 2.60. The van der Waals surface area contributed by atoms with Crippen molar-refractivity contribution >= 4 is 5.91 Å². The minimum Gasteiger partial charge on any atom is -0.457 e. The molecule has 2 aromatic rings. The lowest BCUT2D eigenvalue weighted by Crippen LogP contribution is -2.52. The Hall–Kier alpha value is -2.33. The van der Waals surface area contributed by atoms with E-state index in [1.165, 1.54) is 0 Å². The van der Waals surface area contributed by atoms with Gasteiger partial charge in [-0.3, -0.25) is 4.79 Å². The van der Waals surface area contributed by atoms with Gasteiger partial charge in [-0.1, -0.05) is 18.2 Å². The predicted octanol–water partition coefficient (Wildman–Crippen LogP) is 2.91. The van der Waals surface area contributed by atoms with Crippen LogP contribution in [0.15, 0.2) is 54.6 Å². The molecule has 1 fully saturated rings. The van der Waals surface area contributed by atoms with Crippen LogP contribution in [0.2, 0.25) is 0 Å². The van der Waals surface area contributed by atoms with Crippen molar-refractivity contribution in [2.75, 3.05) is 19.6 Å². The van der Waals surface area contributed by atoms with Crippen LogP contribution in [0.1, 0.15) is 17.3 Å². The zero-order valence-electron chi connectivity index (χ0n) is 12.7. The predicted molar refractivity (Wildman–Crippen MR) is 86.3 cm³/mol. The Morgan fingerprint density at radius 2 is 1.77 bits per heavy atom. The van der Waals surface area contributed by atoms with Crippen molar-refractivity contribution in [2.24, 2.45) is 0 Å². The third-order valence-corrected chi connectivity index (χ3v) is 3.84. The molecule has 0 spiro atoms. The summed E-state index contributed by atoms with van der Waals surface area (Å²) in [7, 11) is 0. The van der Waals surface area contributed by atoms with Crippen LogP contribution in [0, 0.1) is 0 Å². The van der Waals surface area contributed by atoms with Gasteiger partial charge in [0.05, 0.1) is 0 Å². The summed E-state index contributed by atoms with van der Waals surface area (Å²) >= 11 is 0. The van der Waals surface area contributed by atoms with E-state index in [1.807, 2.05) is 59.5 Å². The minimum atomic E-state index is 0.0836. The van der Waals surface area contributed by atoms with Crippen LogP contribution in [-0.2, 0) is 0 Å². The summed E-state index contributed by atoms with van der Waals surface area (Å²) in [6.45, 7) is 4.52. The molecule has 1 amide bonds. The number of carbonyl (C=O) groups is 1. The number of hydrogen-bond donors (Lipinski definition) is 1. The summed E-state index contributed by atoms with van der Waals surface area (Å²) in [6, 6.07) is 17.2. The first-order valence-corrected chi connectivity index (χ1v) is 7.59. The molecule has 4 nitrogen and oxygen atoms in total. The average molecular weight is 296 g/mol. The number of para-hydroxylation sites is 1. The molecule has 0 bridgehead atoms. The van der Waals surface area contributed by atoms with Gasteiger partial charge in [-0.2, -0.15) is 0 Å². The standard InChI is InChI=1S/C18H20N2O2/c1-14-13-19-11-12-20(14)18(21)15-7-9-17(10-8-15)22-16-5-3-2-4-6-16/h2-10,14,19H,11-13H2,1H3. The summed E-state index contributed by atoms with van der Waals surface area (Å²) in [4.78, 5) is 14.5. The van der Waals surface area contributed by atoms with Gasteiger partial charge in [0, 0.05) is 31.2 Å². The Morgan fingerprint density at radius 3 is 2.45 bits per heavy atom. The molecule has 1 unspecified atom stereocenters. The number of carbonyl (C=O) groups excluding carboxylic acids is 1. The monoisotopic (exact) mass is 296 g/mol. The van der Waals surface area contributed by atoms with E-state index in [9.17, 15) is 4.79 Å². The van der Waals surface area contributed by atoms with Crippen molar-refractivity contribution in [1.29, 1.82) is 0 Å². The van der Waals surface area contributed by atoms with Crippen LogP contribution in [0.3, 0.4) is 0 Å². The summed E-state index contributed by atoms with van der Waals surface area (Å²) in [5, 5.41) is 3.29. The lowest BCUT2D eigenvalue weighted by molar-refractivity contribution is 0.0656. The molecule has 1 heterocycles. The fraction of sp³-hybridized carbons (Fsp3) is 0.278. The van der Waals surface area contributed by atoms with E-state index in [1.54, 1.807) is 0 Å².